The molecule has 0 radical (unpaired) electrons. The molecule has 0 aromatic heterocycles. The third-order valence-electron chi connectivity index (χ3n) is 4.54. The number of ether oxygens (including phenoxy) is 3. The van der Waals surface area contributed by atoms with Gasteiger partial charge in [0.05, 0.1) is 26.4 Å². The Labute approximate surface area is 149 Å². The van der Waals surface area contributed by atoms with Gasteiger partial charge < -0.3 is 19.3 Å². The van der Waals surface area contributed by atoms with Crippen LogP contribution in [0, 0.1) is 0 Å². The summed E-state index contributed by atoms with van der Waals surface area (Å²) in [4.78, 5) is 0. The smallest absolute Gasteiger partial charge is 0.162 e. The van der Waals surface area contributed by atoms with Gasteiger partial charge >= 0.3 is 0 Å². The molecule has 0 saturated carbocycles. The molecule has 134 valence electrons. The van der Waals surface area contributed by atoms with E-state index in [1.807, 2.05) is 36.4 Å². The molecule has 1 fully saturated rings. The van der Waals surface area contributed by atoms with Crippen molar-refractivity contribution in [3.63, 3.8) is 0 Å². The van der Waals surface area contributed by atoms with Gasteiger partial charge in [-0.3, -0.25) is 0 Å². The van der Waals surface area contributed by atoms with Crippen LogP contribution in [0.4, 0.5) is 0 Å². The van der Waals surface area contributed by atoms with Crippen LogP contribution in [0.25, 0.3) is 0 Å². The average molecular weight is 342 g/mol. The van der Waals surface area contributed by atoms with Crippen molar-refractivity contribution in [1.82, 2.24) is 0 Å². The number of rotatable bonds is 8. The molecule has 1 heterocycles. The third kappa shape index (κ3) is 4.97. The van der Waals surface area contributed by atoms with Crippen LogP contribution in [0.1, 0.15) is 36.5 Å². The Morgan fingerprint density at radius 2 is 2.00 bits per heavy atom. The minimum atomic E-state index is -0.503. The highest BCUT2D eigenvalue weighted by atomic mass is 16.6. The van der Waals surface area contributed by atoms with Crippen LogP contribution in [0.15, 0.2) is 48.5 Å². The number of hydrogen-bond donors (Lipinski definition) is 1. The summed E-state index contributed by atoms with van der Waals surface area (Å²) in [6.45, 7) is 1.34. The van der Waals surface area contributed by atoms with Crippen LogP contribution < -0.4 is 9.47 Å². The number of aryl methyl sites for hydroxylation is 1. The van der Waals surface area contributed by atoms with Crippen LogP contribution in [0.2, 0.25) is 0 Å². The summed E-state index contributed by atoms with van der Waals surface area (Å²) < 4.78 is 16.7. The minimum Gasteiger partial charge on any atom is -0.493 e. The molecule has 1 saturated heterocycles. The fourth-order valence-corrected chi connectivity index (χ4v) is 3.09. The van der Waals surface area contributed by atoms with Crippen molar-refractivity contribution >= 4 is 0 Å². The van der Waals surface area contributed by atoms with Gasteiger partial charge in [-0.05, 0) is 42.5 Å². The summed E-state index contributed by atoms with van der Waals surface area (Å²) in [6.07, 6.45) is 3.05. The summed E-state index contributed by atoms with van der Waals surface area (Å²) >= 11 is 0. The van der Waals surface area contributed by atoms with E-state index < -0.39 is 6.10 Å². The molecule has 4 heteroatoms. The van der Waals surface area contributed by atoms with E-state index >= 15 is 0 Å². The standard InChI is InChI=1S/C21H26O4/c1-23-20-11-10-17(14-21(20)25-18-12-13-24-15-18)19(22)9-5-8-16-6-3-2-4-7-16/h2-4,6-7,10-11,14,18-19,22H,5,8-9,12-13,15H2,1H3. The van der Waals surface area contributed by atoms with Crippen LogP contribution in [0.5, 0.6) is 11.5 Å². The highest BCUT2D eigenvalue weighted by molar-refractivity contribution is 5.43. The maximum atomic E-state index is 10.5. The highest BCUT2D eigenvalue weighted by Crippen LogP contribution is 2.33. The number of aliphatic hydroxyl groups excluding tert-OH is 1. The monoisotopic (exact) mass is 342 g/mol. The second kappa shape index (κ2) is 8.88. The van der Waals surface area contributed by atoms with E-state index in [1.165, 1.54) is 5.56 Å². The lowest BCUT2D eigenvalue weighted by atomic mass is 10.0. The first-order chi connectivity index (χ1) is 12.3. The average Bonchev–Trinajstić information content (AvgIpc) is 3.15. The van der Waals surface area contributed by atoms with Gasteiger partial charge in [0.2, 0.25) is 0 Å². The summed E-state index contributed by atoms with van der Waals surface area (Å²) in [5, 5.41) is 10.5. The first-order valence-corrected chi connectivity index (χ1v) is 8.90. The Kier molecular flexibility index (Phi) is 6.31. The normalized spacial score (nSPS) is 18.1. The van der Waals surface area contributed by atoms with E-state index in [4.69, 9.17) is 14.2 Å². The molecule has 1 aliphatic rings. The quantitative estimate of drug-likeness (QED) is 0.790. The van der Waals surface area contributed by atoms with Gasteiger partial charge in [0.25, 0.3) is 0 Å². The first kappa shape index (κ1) is 17.8. The summed E-state index contributed by atoms with van der Waals surface area (Å²) in [7, 11) is 1.63. The molecular weight excluding hydrogens is 316 g/mol. The molecule has 4 nitrogen and oxygen atoms in total. The lowest BCUT2D eigenvalue weighted by molar-refractivity contribution is 0.137. The fraction of sp³-hybridized carbons (Fsp3) is 0.429. The van der Waals surface area contributed by atoms with E-state index in [-0.39, 0.29) is 6.10 Å². The van der Waals surface area contributed by atoms with Crippen molar-refractivity contribution < 1.29 is 19.3 Å². The minimum absolute atomic E-state index is 0.0550. The first-order valence-electron chi connectivity index (χ1n) is 8.90. The Hall–Kier alpha value is -2.04. The molecule has 0 amide bonds. The topological polar surface area (TPSA) is 47.9 Å². The zero-order chi connectivity index (χ0) is 17.5. The summed E-state index contributed by atoms with van der Waals surface area (Å²) in [5.41, 5.74) is 2.16. The maximum Gasteiger partial charge on any atom is 0.162 e. The highest BCUT2D eigenvalue weighted by Gasteiger charge is 2.20. The second-order valence-electron chi connectivity index (χ2n) is 6.41. The molecule has 0 bridgehead atoms. The van der Waals surface area contributed by atoms with Crippen molar-refractivity contribution in [1.29, 1.82) is 0 Å². The van der Waals surface area contributed by atoms with Gasteiger partial charge in [-0.25, -0.2) is 0 Å². The molecular formula is C21H26O4. The Balaban J connectivity index is 1.60. The SMILES string of the molecule is COc1ccc(C(O)CCCc2ccccc2)cc1OC1CCOC1. The van der Waals surface area contributed by atoms with E-state index in [0.717, 1.165) is 31.4 Å². The van der Waals surface area contributed by atoms with Crippen molar-refractivity contribution in [2.75, 3.05) is 20.3 Å². The molecule has 1 aliphatic heterocycles. The van der Waals surface area contributed by atoms with E-state index in [2.05, 4.69) is 12.1 Å². The van der Waals surface area contributed by atoms with Crippen molar-refractivity contribution in [3.8, 4) is 11.5 Å². The molecule has 1 N–H and O–H groups in total. The van der Waals surface area contributed by atoms with Crippen molar-refractivity contribution in [2.45, 2.75) is 37.9 Å². The zero-order valence-electron chi connectivity index (χ0n) is 14.7. The lowest BCUT2D eigenvalue weighted by Gasteiger charge is -2.18. The molecule has 0 spiro atoms. The summed E-state index contributed by atoms with van der Waals surface area (Å²) in [6, 6.07) is 16.0. The van der Waals surface area contributed by atoms with Crippen LogP contribution in [0.3, 0.4) is 0 Å². The van der Waals surface area contributed by atoms with Crippen molar-refractivity contribution in [3.05, 3.63) is 59.7 Å². The molecule has 2 unspecified atom stereocenters. The molecule has 0 aliphatic carbocycles. The zero-order valence-corrected chi connectivity index (χ0v) is 14.7. The summed E-state index contributed by atoms with van der Waals surface area (Å²) in [5.74, 6) is 1.37. The molecule has 3 rings (SSSR count). The third-order valence-corrected chi connectivity index (χ3v) is 4.54. The molecule has 2 atom stereocenters. The Bertz CT molecular complexity index is 650. The van der Waals surface area contributed by atoms with Crippen molar-refractivity contribution in [2.24, 2.45) is 0 Å². The predicted octanol–water partition coefficient (Wildman–Crippen LogP) is 3.92. The van der Waals surface area contributed by atoms with Gasteiger partial charge in [-0.2, -0.15) is 0 Å². The molecule has 25 heavy (non-hydrogen) atoms. The number of hydrogen-bond acceptors (Lipinski definition) is 4. The maximum absolute atomic E-state index is 10.5. The van der Waals surface area contributed by atoms with E-state index in [1.54, 1.807) is 7.11 Å². The predicted molar refractivity (Wildman–Crippen MR) is 97.2 cm³/mol. The largest absolute Gasteiger partial charge is 0.493 e. The molecule has 2 aromatic rings. The van der Waals surface area contributed by atoms with Crippen LogP contribution in [-0.4, -0.2) is 31.5 Å². The van der Waals surface area contributed by atoms with Gasteiger partial charge in [0.1, 0.15) is 6.10 Å². The van der Waals surface area contributed by atoms with E-state index in [0.29, 0.717) is 24.5 Å². The second-order valence-corrected chi connectivity index (χ2v) is 6.41. The van der Waals surface area contributed by atoms with Crippen LogP contribution in [-0.2, 0) is 11.2 Å². The lowest BCUT2D eigenvalue weighted by Crippen LogP contribution is -2.16. The van der Waals surface area contributed by atoms with E-state index in [9.17, 15) is 5.11 Å². The van der Waals surface area contributed by atoms with Gasteiger partial charge in [0, 0.05) is 6.42 Å². The van der Waals surface area contributed by atoms with Crippen LogP contribution >= 0.6 is 0 Å². The Morgan fingerprint density at radius 3 is 2.72 bits per heavy atom. The number of methoxy groups -OCH3 is 1. The molecule has 2 aromatic carbocycles. The van der Waals surface area contributed by atoms with Gasteiger partial charge in [0.15, 0.2) is 11.5 Å². The van der Waals surface area contributed by atoms with Gasteiger partial charge in [-0.1, -0.05) is 36.4 Å². The fourth-order valence-electron chi connectivity index (χ4n) is 3.09. The Morgan fingerprint density at radius 1 is 1.16 bits per heavy atom. The number of aliphatic hydroxyl groups is 1. The number of benzene rings is 2. The van der Waals surface area contributed by atoms with Gasteiger partial charge in [-0.15, -0.1) is 0 Å².